The van der Waals surface area contributed by atoms with Crippen LogP contribution < -0.4 is 5.32 Å². The quantitative estimate of drug-likeness (QED) is 0.908. The Morgan fingerprint density at radius 1 is 1.40 bits per heavy atom. The second-order valence-electron chi connectivity index (χ2n) is 5.24. The Balaban J connectivity index is 1.81. The fraction of sp³-hybridized carbons (Fsp3) is 0.333. The van der Waals surface area contributed by atoms with Gasteiger partial charge in [-0.15, -0.1) is 0 Å². The molecular weight excluding hydrogens is 320 g/mol. The number of amides is 1. The molecule has 1 aromatic heterocycles. The number of carbonyl (C=O) groups is 1. The standard InChI is InChI=1S/C15H15BrN2O2/c1-9-2-7-13-12(8-9)14(18-20-13)15(19)17-11-5-3-10(16)4-6-11/h3-6,9H,2,7-8H2,1H3,(H,17,19). The maximum atomic E-state index is 12.3. The number of hydrogen-bond donors (Lipinski definition) is 1. The summed E-state index contributed by atoms with van der Waals surface area (Å²) in [6.07, 6.45) is 2.83. The third-order valence-corrected chi connectivity index (χ3v) is 4.13. The molecule has 0 radical (unpaired) electrons. The molecule has 0 saturated carbocycles. The molecule has 1 amide bonds. The maximum absolute atomic E-state index is 12.3. The number of aryl methyl sites for hydroxylation is 1. The van der Waals surface area contributed by atoms with Gasteiger partial charge < -0.3 is 9.84 Å². The van der Waals surface area contributed by atoms with Gasteiger partial charge in [-0.1, -0.05) is 28.0 Å². The van der Waals surface area contributed by atoms with Crippen molar-refractivity contribution in [3.8, 4) is 0 Å². The fourth-order valence-electron chi connectivity index (χ4n) is 2.48. The summed E-state index contributed by atoms with van der Waals surface area (Å²) >= 11 is 3.37. The summed E-state index contributed by atoms with van der Waals surface area (Å²) in [4.78, 5) is 12.3. The molecule has 1 N–H and O–H groups in total. The monoisotopic (exact) mass is 334 g/mol. The summed E-state index contributed by atoms with van der Waals surface area (Å²) in [7, 11) is 0. The Bertz CT molecular complexity index is 634. The van der Waals surface area contributed by atoms with E-state index in [1.165, 1.54) is 0 Å². The zero-order valence-corrected chi connectivity index (χ0v) is 12.7. The predicted octanol–water partition coefficient (Wildman–Crippen LogP) is 3.81. The molecule has 1 aliphatic carbocycles. The zero-order chi connectivity index (χ0) is 14.1. The lowest BCUT2D eigenvalue weighted by Crippen LogP contribution is -2.17. The number of rotatable bonds is 2. The van der Waals surface area contributed by atoms with Gasteiger partial charge in [0.2, 0.25) is 0 Å². The Hall–Kier alpha value is -1.62. The van der Waals surface area contributed by atoms with Gasteiger partial charge in [-0.2, -0.15) is 0 Å². The Morgan fingerprint density at radius 2 is 2.15 bits per heavy atom. The smallest absolute Gasteiger partial charge is 0.278 e. The minimum absolute atomic E-state index is 0.202. The van der Waals surface area contributed by atoms with Gasteiger partial charge >= 0.3 is 0 Å². The topological polar surface area (TPSA) is 55.1 Å². The van der Waals surface area contributed by atoms with Gasteiger partial charge in [-0.3, -0.25) is 4.79 Å². The fourth-order valence-corrected chi connectivity index (χ4v) is 2.74. The minimum atomic E-state index is -0.202. The summed E-state index contributed by atoms with van der Waals surface area (Å²) < 4.78 is 6.27. The van der Waals surface area contributed by atoms with Gasteiger partial charge in [0, 0.05) is 22.1 Å². The van der Waals surface area contributed by atoms with E-state index < -0.39 is 0 Å². The number of halogens is 1. The number of anilines is 1. The lowest BCUT2D eigenvalue weighted by Gasteiger charge is -2.16. The molecule has 0 fully saturated rings. The summed E-state index contributed by atoms with van der Waals surface area (Å²) in [5, 5.41) is 6.80. The molecule has 1 aliphatic rings. The van der Waals surface area contributed by atoms with Crippen LogP contribution in [0.1, 0.15) is 35.2 Å². The van der Waals surface area contributed by atoms with Crippen LogP contribution in [-0.4, -0.2) is 11.1 Å². The molecule has 20 heavy (non-hydrogen) atoms. The largest absolute Gasteiger partial charge is 0.360 e. The molecule has 3 rings (SSSR count). The molecule has 0 bridgehead atoms. The van der Waals surface area contributed by atoms with Gasteiger partial charge in [-0.25, -0.2) is 0 Å². The number of aromatic nitrogens is 1. The van der Waals surface area contributed by atoms with E-state index in [0.717, 1.165) is 40.7 Å². The number of hydrogen-bond acceptors (Lipinski definition) is 3. The van der Waals surface area contributed by atoms with E-state index >= 15 is 0 Å². The van der Waals surface area contributed by atoms with Crippen molar-refractivity contribution in [2.75, 3.05) is 5.32 Å². The second-order valence-corrected chi connectivity index (χ2v) is 6.16. The summed E-state index contributed by atoms with van der Waals surface area (Å²) in [6.45, 7) is 2.19. The molecule has 1 atom stereocenters. The highest BCUT2D eigenvalue weighted by molar-refractivity contribution is 9.10. The summed E-state index contributed by atoms with van der Waals surface area (Å²) in [5.74, 6) is 1.23. The van der Waals surface area contributed by atoms with Crippen LogP contribution >= 0.6 is 15.9 Å². The van der Waals surface area contributed by atoms with Crippen molar-refractivity contribution < 1.29 is 9.32 Å². The average molecular weight is 335 g/mol. The third-order valence-electron chi connectivity index (χ3n) is 3.60. The summed E-state index contributed by atoms with van der Waals surface area (Å²) in [6, 6.07) is 7.46. The predicted molar refractivity (Wildman–Crippen MR) is 79.8 cm³/mol. The highest BCUT2D eigenvalue weighted by Crippen LogP contribution is 2.28. The van der Waals surface area contributed by atoms with Gasteiger partial charge in [0.25, 0.3) is 5.91 Å². The van der Waals surface area contributed by atoms with E-state index in [-0.39, 0.29) is 5.91 Å². The molecule has 1 unspecified atom stereocenters. The second kappa shape index (κ2) is 5.40. The number of nitrogens with zero attached hydrogens (tertiary/aromatic N) is 1. The molecular formula is C15H15BrN2O2. The van der Waals surface area contributed by atoms with E-state index in [9.17, 15) is 4.79 Å². The lowest BCUT2D eigenvalue weighted by atomic mass is 9.88. The van der Waals surface area contributed by atoms with Crippen molar-refractivity contribution >= 4 is 27.5 Å². The van der Waals surface area contributed by atoms with Gasteiger partial charge in [0.1, 0.15) is 5.76 Å². The molecule has 1 heterocycles. The number of carbonyl (C=O) groups excluding carboxylic acids is 1. The van der Waals surface area contributed by atoms with E-state index in [0.29, 0.717) is 11.6 Å². The number of nitrogens with one attached hydrogen (secondary N) is 1. The van der Waals surface area contributed by atoms with Crippen LogP contribution in [0.2, 0.25) is 0 Å². The van der Waals surface area contributed by atoms with E-state index in [2.05, 4.69) is 33.3 Å². The average Bonchev–Trinajstić information content (AvgIpc) is 2.84. The van der Waals surface area contributed by atoms with Crippen molar-refractivity contribution in [2.45, 2.75) is 26.2 Å². The molecule has 0 aliphatic heterocycles. The first-order valence-corrected chi connectivity index (χ1v) is 7.47. The van der Waals surface area contributed by atoms with Crippen molar-refractivity contribution in [2.24, 2.45) is 5.92 Å². The normalized spacial score (nSPS) is 17.6. The van der Waals surface area contributed by atoms with Gasteiger partial charge in [-0.05, 0) is 43.0 Å². The van der Waals surface area contributed by atoms with Gasteiger partial charge in [0.15, 0.2) is 5.69 Å². The van der Waals surface area contributed by atoms with Gasteiger partial charge in [0.05, 0.1) is 0 Å². The van der Waals surface area contributed by atoms with Crippen molar-refractivity contribution in [3.63, 3.8) is 0 Å². The lowest BCUT2D eigenvalue weighted by molar-refractivity contribution is 0.101. The molecule has 0 spiro atoms. The molecule has 0 saturated heterocycles. The van der Waals surface area contributed by atoms with Crippen LogP contribution in [0, 0.1) is 5.92 Å². The first kappa shape index (κ1) is 13.4. The first-order valence-electron chi connectivity index (χ1n) is 6.68. The Morgan fingerprint density at radius 3 is 2.90 bits per heavy atom. The van der Waals surface area contributed by atoms with E-state index in [4.69, 9.17) is 4.52 Å². The van der Waals surface area contributed by atoms with Crippen LogP contribution in [-0.2, 0) is 12.8 Å². The van der Waals surface area contributed by atoms with Crippen LogP contribution in [0.4, 0.5) is 5.69 Å². The number of benzene rings is 1. The highest BCUT2D eigenvalue weighted by Gasteiger charge is 2.26. The van der Waals surface area contributed by atoms with Crippen LogP contribution in [0.15, 0.2) is 33.3 Å². The van der Waals surface area contributed by atoms with Crippen molar-refractivity contribution in [1.82, 2.24) is 5.16 Å². The van der Waals surface area contributed by atoms with E-state index in [1.807, 2.05) is 24.3 Å². The third kappa shape index (κ3) is 2.63. The number of fused-ring (bicyclic) bond motifs is 1. The van der Waals surface area contributed by atoms with E-state index in [1.54, 1.807) is 0 Å². The van der Waals surface area contributed by atoms with Crippen LogP contribution in [0.3, 0.4) is 0 Å². The van der Waals surface area contributed by atoms with Crippen molar-refractivity contribution in [3.05, 3.63) is 45.8 Å². The Kier molecular flexibility index (Phi) is 3.61. The zero-order valence-electron chi connectivity index (χ0n) is 11.1. The molecule has 104 valence electrons. The highest BCUT2D eigenvalue weighted by atomic mass is 79.9. The molecule has 1 aromatic carbocycles. The minimum Gasteiger partial charge on any atom is -0.360 e. The van der Waals surface area contributed by atoms with Crippen molar-refractivity contribution in [1.29, 1.82) is 0 Å². The molecule has 2 aromatic rings. The van der Waals surface area contributed by atoms with Crippen LogP contribution in [0.25, 0.3) is 0 Å². The maximum Gasteiger partial charge on any atom is 0.278 e. The summed E-state index contributed by atoms with van der Waals surface area (Å²) in [5.41, 5.74) is 2.15. The first-order chi connectivity index (χ1) is 9.63. The molecule has 4 nitrogen and oxygen atoms in total. The Labute approximate surface area is 125 Å². The SMILES string of the molecule is CC1CCc2onc(C(=O)Nc3ccc(Br)cc3)c2C1. The molecule has 5 heteroatoms. The van der Waals surface area contributed by atoms with Crippen LogP contribution in [0.5, 0.6) is 0 Å².